The molecule has 2 fully saturated rings. The summed E-state index contributed by atoms with van der Waals surface area (Å²) in [6, 6.07) is 7.06. The number of carbonyl (C=O) groups is 2. The largest absolute Gasteiger partial charge is 0.497 e. The highest BCUT2D eigenvalue weighted by molar-refractivity contribution is 5.97. The van der Waals surface area contributed by atoms with Gasteiger partial charge in [-0.15, -0.1) is 0 Å². The van der Waals surface area contributed by atoms with E-state index in [0.29, 0.717) is 5.92 Å². The third-order valence-corrected chi connectivity index (χ3v) is 5.69. The Kier molecular flexibility index (Phi) is 4.76. The summed E-state index contributed by atoms with van der Waals surface area (Å²) in [5.74, 6) is 1.31. The van der Waals surface area contributed by atoms with Crippen LogP contribution in [0.15, 0.2) is 24.3 Å². The first-order chi connectivity index (χ1) is 11.9. The zero-order valence-electron chi connectivity index (χ0n) is 15.7. The van der Waals surface area contributed by atoms with Crippen LogP contribution < -0.4 is 4.74 Å². The van der Waals surface area contributed by atoms with Crippen LogP contribution in [0.25, 0.3) is 0 Å². The minimum Gasteiger partial charge on any atom is -0.497 e. The van der Waals surface area contributed by atoms with Gasteiger partial charge in [-0.25, -0.2) is 0 Å². The Morgan fingerprint density at radius 1 is 1.16 bits per heavy atom. The number of benzene rings is 1. The molecule has 2 heterocycles. The molecule has 4 atom stereocenters. The highest BCUT2D eigenvalue weighted by Gasteiger charge is 2.51. The van der Waals surface area contributed by atoms with E-state index in [1.54, 1.807) is 19.1 Å². The van der Waals surface area contributed by atoms with E-state index >= 15 is 0 Å². The quantitative estimate of drug-likeness (QED) is 0.847. The summed E-state index contributed by atoms with van der Waals surface area (Å²) < 4.78 is 5.36. The molecule has 25 heavy (non-hydrogen) atoms. The number of methoxy groups -OCH3 is 1. The smallest absolute Gasteiger partial charge is 0.246 e. The zero-order chi connectivity index (χ0) is 18.3. The van der Waals surface area contributed by atoms with Gasteiger partial charge in [-0.1, -0.05) is 32.9 Å². The van der Waals surface area contributed by atoms with Crippen LogP contribution in [0, 0.1) is 11.8 Å². The van der Waals surface area contributed by atoms with E-state index < -0.39 is 0 Å². The molecule has 0 aliphatic carbocycles. The lowest BCUT2D eigenvalue weighted by atomic mass is 9.79. The van der Waals surface area contributed by atoms with E-state index in [1.165, 1.54) is 0 Å². The zero-order valence-corrected chi connectivity index (χ0v) is 15.7. The molecule has 3 rings (SSSR count). The lowest BCUT2D eigenvalue weighted by molar-refractivity contribution is -0.170. The van der Waals surface area contributed by atoms with Gasteiger partial charge in [0.1, 0.15) is 17.8 Å². The van der Waals surface area contributed by atoms with Crippen molar-refractivity contribution in [3.8, 4) is 5.75 Å². The second-order valence-corrected chi connectivity index (χ2v) is 7.68. The average Bonchev–Trinajstić information content (AvgIpc) is 2.59. The van der Waals surface area contributed by atoms with Crippen molar-refractivity contribution in [1.29, 1.82) is 0 Å². The van der Waals surface area contributed by atoms with Gasteiger partial charge in [-0.2, -0.15) is 0 Å². The molecular formula is C20H28N2O3. The molecule has 5 nitrogen and oxygen atoms in total. The van der Waals surface area contributed by atoms with Crippen molar-refractivity contribution in [3.05, 3.63) is 29.8 Å². The molecule has 136 valence electrons. The van der Waals surface area contributed by atoms with Gasteiger partial charge in [-0.05, 0) is 42.4 Å². The van der Waals surface area contributed by atoms with Gasteiger partial charge in [-0.3, -0.25) is 9.59 Å². The summed E-state index contributed by atoms with van der Waals surface area (Å²) in [6.45, 7) is 6.17. The van der Waals surface area contributed by atoms with Gasteiger partial charge in [0.25, 0.3) is 0 Å². The first kappa shape index (κ1) is 17.8. The molecule has 0 aromatic heterocycles. The SMILES string of the molecule is COc1cccc([C@@H]2[C@@H](C)CC[C@H]3C(=O)N(C)C(C(C)C)C(=O)N23)c1. The Hall–Kier alpha value is -2.04. The first-order valence-electron chi connectivity index (χ1n) is 9.09. The van der Waals surface area contributed by atoms with Gasteiger partial charge in [0.05, 0.1) is 13.2 Å². The minimum absolute atomic E-state index is 0.0677. The molecule has 1 aromatic carbocycles. The maximum absolute atomic E-state index is 13.3. The maximum Gasteiger partial charge on any atom is 0.246 e. The predicted octanol–water partition coefficient (Wildman–Crippen LogP) is 2.86. The summed E-state index contributed by atoms with van der Waals surface area (Å²) in [7, 11) is 3.41. The lowest BCUT2D eigenvalue weighted by Gasteiger charge is -2.52. The van der Waals surface area contributed by atoms with Crippen LogP contribution in [0.4, 0.5) is 0 Å². The first-order valence-corrected chi connectivity index (χ1v) is 9.09. The number of nitrogens with zero attached hydrogens (tertiary/aromatic N) is 2. The van der Waals surface area contributed by atoms with Gasteiger partial charge < -0.3 is 14.5 Å². The molecule has 2 saturated heterocycles. The molecule has 0 radical (unpaired) electrons. The van der Waals surface area contributed by atoms with Crippen molar-refractivity contribution in [2.45, 2.75) is 51.7 Å². The molecule has 2 aliphatic heterocycles. The van der Waals surface area contributed by atoms with Crippen LogP contribution in [-0.4, -0.2) is 47.9 Å². The number of amides is 2. The molecule has 2 aliphatic rings. The number of hydrogen-bond donors (Lipinski definition) is 0. The summed E-state index contributed by atoms with van der Waals surface area (Å²) >= 11 is 0. The number of ether oxygens (including phenoxy) is 1. The molecule has 5 heteroatoms. The second kappa shape index (κ2) is 6.70. The lowest BCUT2D eigenvalue weighted by Crippen LogP contribution is -2.67. The number of piperazine rings is 1. The number of fused-ring (bicyclic) bond motifs is 1. The van der Waals surface area contributed by atoms with E-state index in [-0.39, 0.29) is 35.9 Å². The van der Waals surface area contributed by atoms with Gasteiger partial charge in [0.15, 0.2) is 0 Å². The average molecular weight is 344 g/mol. The number of carbonyl (C=O) groups excluding carboxylic acids is 2. The molecular weight excluding hydrogens is 316 g/mol. The normalized spacial score (nSPS) is 29.8. The summed E-state index contributed by atoms with van der Waals surface area (Å²) in [5, 5.41) is 0. The van der Waals surface area contributed by atoms with Crippen molar-refractivity contribution in [2.75, 3.05) is 14.2 Å². The van der Waals surface area contributed by atoms with E-state index in [2.05, 4.69) is 6.92 Å². The van der Waals surface area contributed by atoms with Crippen molar-refractivity contribution in [3.63, 3.8) is 0 Å². The Bertz CT molecular complexity index is 673. The Labute approximate surface area is 149 Å². The Morgan fingerprint density at radius 3 is 2.52 bits per heavy atom. The fourth-order valence-electron chi connectivity index (χ4n) is 4.46. The minimum atomic E-state index is -0.387. The number of piperidine rings is 1. The van der Waals surface area contributed by atoms with Crippen LogP contribution in [-0.2, 0) is 9.59 Å². The van der Waals surface area contributed by atoms with Gasteiger partial charge in [0.2, 0.25) is 11.8 Å². The summed E-state index contributed by atoms with van der Waals surface area (Å²) in [6.07, 6.45) is 1.67. The van der Waals surface area contributed by atoms with Crippen LogP contribution in [0.1, 0.15) is 45.2 Å². The Morgan fingerprint density at radius 2 is 1.88 bits per heavy atom. The van der Waals surface area contributed by atoms with Crippen LogP contribution in [0.2, 0.25) is 0 Å². The van der Waals surface area contributed by atoms with E-state index in [9.17, 15) is 9.59 Å². The third-order valence-electron chi connectivity index (χ3n) is 5.69. The summed E-state index contributed by atoms with van der Waals surface area (Å²) in [5.41, 5.74) is 1.05. The number of likely N-dealkylation sites (N-methyl/N-ethyl adjacent to an activating group) is 1. The third kappa shape index (κ3) is 2.90. The standard InChI is InChI=1S/C20H28N2O3/c1-12(2)17-20(24)22-16(19(23)21(17)4)10-9-13(3)18(22)14-7-6-8-15(11-14)25-5/h6-8,11-13,16-18H,9-10H2,1-5H3/t13-,16-,17?,18-/m0/s1. The number of hydrogen-bond acceptors (Lipinski definition) is 3. The maximum atomic E-state index is 13.3. The van der Waals surface area contributed by atoms with E-state index in [1.807, 2.05) is 43.0 Å². The molecule has 0 spiro atoms. The fraction of sp³-hybridized carbons (Fsp3) is 0.600. The highest BCUT2D eigenvalue weighted by Crippen LogP contribution is 2.43. The van der Waals surface area contributed by atoms with E-state index in [4.69, 9.17) is 4.74 Å². The highest BCUT2D eigenvalue weighted by atomic mass is 16.5. The number of rotatable bonds is 3. The fourth-order valence-corrected chi connectivity index (χ4v) is 4.46. The van der Waals surface area contributed by atoms with Gasteiger partial charge in [0, 0.05) is 7.05 Å². The van der Waals surface area contributed by atoms with Crippen LogP contribution in [0.3, 0.4) is 0 Å². The molecule has 0 saturated carbocycles. The topological polar surface area (TPSA) is 49.9 Å². The summed E-state index contributed by atoms with van der Waals surface area (Å²) in [4.78, 5) is 29.8. The predicted molar refractivity (Wildman–Crippen MR) is 96.2 cm³/mol. The van der Waals surface area contributed by atoms with E-state index in [0.717, 1.165) is 24.2 Å². The van der Waals surface area contributed by atoms with Crippen molar-refractivity contribution in [1.82, 2.24) is 9.80 Å². The van der Waals surface area contributed by atoms with Crippen LogP contribution in [0.5, 0.6) is 5.75 Å². The van der Waals surface area contributed by atoms with Crippen molar-refractivity contribution >= 4 is 11.8 Å². The monoisotopic (exact) mass is 344 g/mol. The Balaban J connectivity index is 2.05. The molecule has 0 bridgehead atoms. The van der Waals surface area contributed by atoms with Crippen LogP contribution >= 0.6 is 0 Å². The molecule has 1 unspecified atom stereocenters. The molecule has 0 N–H and O–H groups in total. The van der Waals surface area contributed by atoms with Crippen molar-refractivity contribution in [2.24, 2.45) is 11.8 Å². The molecule has 2 amide bonds. The van der Waals surface area contributed by atoms with Crippen molar-refractivity contribution < 1.29 is 14.3 Å². The second-order valence-electron chi connectivity index (χ2n) is 7.68. The van der Waals surface area contributed by atoms with Gasteiger partial charge >= 0.3 is 0 Å². The molecule has 1 aromatic rings.